The van der Waals surface area contributed by atoms with Gasteiger partial charge in [0.2, 0.25) is 0 Å². The fourth-order valence-electron chi connectivity index (χ4n) is 1.67. The summed E-state index contributed by atoms with van der Waals surface area (Å²) in [7, 11) is 0. The van der Waals surface area contributed by atoms with Gasteiger partial charge in [-0.2, -0.15) is 0 Å². The fourth-order valence-corrected chi connectivity index (χ4v) is 3.43. The van der Waals surface area contributed by atoms with Crippen LogP contribution in [0.25, 0.3) is 0 Å². The first kappa shape index (κ1) is 15.0. The Morgan fingerprint density at radius 2 is 2.00 bits per heavy atom. The zero-order chi connectivity index (χ0) is 13.2. The molecule has 0 aliphatic heterocycles. The Bertz CT molecular complexity index is 446. The van der Waals surface area contributed by atoms with Crippen LogP contribution >= 0.6 is 31.9 Å². The molecule has 1 unspecified atom stereocenters. The zero-order valence-corrected chi connectivity index (χ0v) is 13.9. The van der Waals surface area contributed by atoms with Gasteiger partial charge < -0.3 is 4.57 Å². The lowest BCUT2D eigenvalue weighted by atomic mass is 9.82. The first-order valence-corrected chi connectivity index (χ1v) is 7.59. The Morgan fingerprint density at radius 1 is 1.41 bits per heavy atom. The second kappa shape index (κ2) is 5.70. The quantitative estimate of drug-likeness (QED) is 0.743. The molecule has 0 aliphatic rings. The van der Waals surface area contributed by atoms with Crippen LogP contribution in [-0.4, -0.2) is 9.90 Å². The van der Waals surface area contributed by atoms with E-state index in [-0.39, 0.29) is 11.0 Å². The number of aromatic nitrogens is 1. The van der Waals surface area contributed by atoms with Gasteiger partial charge in [-0.25, -0.2) is 0 Å². The molecule has 0 aromatic carbocycles. The summed E-state index contributed by atoms with van der Waals surface area (Å²) in [6.45, 7) is 9.20. The average Bonchev–Trinajstić information content (AvgIpc) is 2.19. The molecule has 1 aromatic heterocycles. The molecule has 1 aromatic rings. The number of halogens is 2. The van der Waals surface area contributed by atoms with Crippen LogP contribution in [0.2, 0.25) is 0 Å². The molecule has 4 heteroatoms. The molecule has 0 radical (unpaired) electrons. The average molecular weight is 365 g/mol. The molecule has 17 heavy (non-hydrogen) atoms. The molecule has 1 heterocycles. The Hall–Kier alpha value is -0.0900. The monoisotopic (exact) mass is 363 g/mol. The van der Waals surface area contributed by atoms with Gasteiger partial charge in [-0.1, -0.05) is 36.7 Å². The van der Waals surface area contributed by atoms with E-state index in [1.807, 2.05) is 19.2 Å². The van der Waals surface area contributed by atoms with E-state index in [2.05, 4.69) is 52.6 Å². The van der Waals surface area contributed by atoms with Gasteiger partial charge in [0.05, 0.1) is 0 Å². The molecule has 0 fully saturated rings. The molecular weight excluding hydrogens is 346 g/mol. The SMILES string of the molecule is Cc1cc(Br)cn(CC(CBr)C(C)(C)C)c1=O. The van der Waals surface area contributed by atoms with E-state index in [1.54, 1.807) is 4.57 Å². The third-order valence-corrected chi connectivity index (χ3v) is 4.28. The van der Waals surface area contributed by atoms with Gasteiger partial charge >= 0.3 is 0 Å². The number of hydrogen-bond donors (Lipinski definition) is 0. The van der Waals surface area contributed by atoms with Crippen LogP contribution in [0.15, 0.2) is 21.5 Å². The van der Waals surface area contributed by atoms with E-state index in [4.69, 9.17) is 0 Å². The summed E-state index contributed by atoms with van der Waals surface area (Å²) in [5.74, 6) is 0.425. The van der Waals surface area contributed by atoms with Crippen LogP contribution in [0.5, 0.6) is 0 Å². The third-order valence-electron chi connectivity index (χ3n) is 3.06. The fraction of sp³-hybridized carbons (Fsp3) is 0.615. The van der Waals surface area contributed by atoms with Crippen molar-refractivity contribution in [3.8, 4) is 0 Å². The van der Waals surface area contributed by atoms with Crippen LogP contribution in [0.1, 0.15) is 26.3 Å². The van der Waals surface area contributed by atoms with Gasteiger partial charge in [0.1, 0.15) is 0 Å². The van der Waals surface area contributed by atoms with Crippen molar-refractivity contribution in [1.29, 1.82) is 0 Å². The van der Waals surface area contributed by atoms with Crippen LogP contribution in [0.3, 0.4) is 0 Å². The Balaban J connectivity index is 3.06. The number of aryl methyl sites for hydroxylation is 1. The van der Waals surface area contributed by atoms with E-state index in [0.29, 0.717) is 5.92 Å². The minimum atomic E-state index is 0.100. The maximum atomic E-state index is 12.0. The lowest BCUT2D eigenvalue weighted by Gasteiger charge is -2.29. The van der Waals surface area contributed by atoms with E-state index >= 15 is 0 Å². The molecule has 1 atom stereocenters. The Labute approximate surface area is 120 Å². The van der Waals surface area contributed by atoms with Crippen molar-refractivity contribution in [2.75, 3.05) is 5.33 Å². The number of hydrogen-bond acceptors (Lipinski definition) is 1. The van der Waals surface area contributed by atoms with Crippen molar-refractivity contribution in [2.45, 2.75) is 34.2 Å². The highest BCUT2D eigenvalue weighted by atomic mass is 79.9. The Kier molecular flexibility index (Phi) is 5.02. The maximum absolute atomic E-state index is 12.0. The number of pyridine rings is 1. The van der Waals surface area contributed by atoms with E-state index in [1.165, 1.54) is 0 Å². The molecule has 2 nitrogen and oxygen atoms in total. The van der Waals surface area contributed by atoms with Gasteiger partial charge in [0.25, 0.3) is 5.56 Å². The lowest BCUT2D eigenvalue weighted by Crippen LogP contribution is -2.32. The first-order valence-electron chi connectivity index (χ1n) is 5.68. The highest BCUT2D eigenvalue weighted by molar-refractivity contribution is 9.10. The minimum Gasteiger partial charge on any atom is -0.314 e. The van der Waals surface area contributed by atoms with E-state index in [0.717, 1.165) is 21.9 Å². The van der Waals surface area contributed by atoms with Gasteiger partial charge in [0, 0.05) is 28.1 Å². The van der Waals surface area contributed by atoms with Gasteiger partial charge in [0.15, 0.2) is 0 Å². The van der Waals surface area contributed by atoms with Crippen LogP contribution in [-0.2, 0) is 6.54 Å². The van der Waals surface area contributed by atoms with Crippen LogP contribution in [0.4, 0.5) is 0 Å². The topological polar surface area (TPSA) is 22.0 Å². The highest BCUT2D eigenvalue weighted by Crippen LogP contribution is 2.28. The van der Waals surface area contributed by atoms with Crippen molar-refractivity contribution in [1.82, 2.24) is 4.57 Å². The zero-order valence-electron chi connectivity index (χ0n) is 10.8. The highest BCUT2D eigenvalue weighted by Gasteiger charge is 2.24. The lowest BCUT2D eigenvalue weighted by molar-refractivity contribution is 0.237. The summed E-state index contributed by atoms with van der Waals surface area (Å²) >= 11 is 6.98. The standard InChI is InChI=1S/C13H19Br2NO/c1-9-5-11(15)8-16(12(9)17)7-10(6-14)13(2,3)4/h5,8,10H,6-7H2,1-4H3. The van der Waals surface area contributed by atoms with Crippen LogP contribution < -0.4 is 5.56 Å². The minimum absolute atomic E-state index is 0.100. The van der Waals surface area contributed by atoms with E-state index < -0.39 is 0 Å². The molecule has 0 N–H and O–H groups in total. The summed E-state index contributed by atoms with van der Waals surface area (Å²) in [5.41, 5.74) is 1.06. The smallest absolute Gasteiger partial charge is 0.253 e. The molecule has 1 rings (SSSR count). The molecule has 96 valence electrons. The molecule has 0 amide bonds. The second-order valence-electron chi connectivity index (χ2n) is 5.52. The summed E-state index contributed by atoms with van der Waals surface area (Å²) in [6, 6.07) is 1.86. The van der Waals surface area contributed by atoms with Crippen molar-refractivity contribution in [3.63, 3.8) is 0 Å². The van der Waals surface area contributed by atoms with Crippen molar-refractivity contribution in [3.05, 3.63) is 32.7 Å². The van der Waals surface area contributed by atoms with Gasteiger partial charge in [-0.15, -0.1) is 0 Å². The molecular formula is C13H19Br2NO. The summed E-state index contributed by atoms with van der Waals surface area (Å²) in [4.78, 5) is 12.0. The molecule has 0 saturated heterocycles. The number of nitrogens with zero attached hydrogens (tertiary/aromatic N) is 1. The predicted octanol–water partition coefficient (Wildman–Crippen LogP) is 3.98. The predicted molar refractivity (Wildman–Crippen MR) is 79.9 cm³/mol. The number of alkyl halides is 1. The van der Waals surface area contributed by atoms with Crippen molar-refractivity contribution >= 4 is 31.9 Å². The van der Waals surface area contributed by atoms with Crippen molar-refractivity contribution in [2.24, 2.45) is 11.3 Å². The van der Waals surface area contributed by atoms with Crippen molar-refractivity contribution < 1.29 is 0 Å². The summed E-state index contributed by atoms with van der Waals surface area (Å²) in [5, 5.41) is 0.897. The van der Waals surface area contributed by atoms with Crippen LogP contribution in [0, 0.1) is 18.3 Å². The normalized spacial score (nSPS) is 13.8. The summed E-state index contributed by atoms with van der Waals surface area (Å²) in [6.07, 6.45) is 1.87. The molecule has 0 spiro atoms. The maximum Gasteiger partial charge on any atom is 0.253 e. The van der Waals surface area contributed by atoms with Gasteiger partial charge in [-0.05, 0) is 40.3 Å². The largest absolute Gasteiger partial charge is 0.314 e. The van der Waals surface area contributed by atoms with E-state index in [9.17, 15) is 4.79 Å². The second-order valence-corrected chi connectivity index (χ2v) is 7.08. The molecule has 0 saturated carbocycles. The van der Waals surface area contributed by atoms with Gasteiger partial charge in [-0.3, -0.25) is 4.79 Å². The Morgan fingerprint density at radius 3 is 2.47 bits per heavy atom. The first-order chi connectivity index (χ1) is 7.75. The molecule has 0 aliphatic carbocycles. The molecule has 0 bridgehead atoms. The third kappa shape index (κ3) is 3.95. The number of rotatable bonds is 3. The summed E-state index contributed by atoms with van der Waals surface area (Å²) < 4.78 is 2.76.